The van der Waals surface area contributed by atoms with Gasteiger partial charge in [0, 0.05) is 6.20 Å². The lowest BCUT2D eigenvalue weighted by Gasteiger charge is -2.31. The van der Waals surface area contributed by atoms with Gasteiger partial charge in [-0.2, -0.15) is 4.98 Å². The molecular weight excluding hydrogens is 542 g/mol. The largest absolute Gasteiger partial charge is 0.462 e. The van der Waals surface area contributed by atoms with Crippen LogP contribution in [0.2, 0.25) is 0 Å². The van der Waals surface area contributed by atoms with E-state index >= 15 is 4.39 Å². The van der Waals surface area contributed by atoms with E-state index in [4.69, 9.17) is 24.5 Å². The minimum Gasteiger partial charge on any atom is -0.462 e. The number of carbonyl (C=O) groups excluding carboxylic acids is 2. The van der Waals surface area contributed by atoms with Gasteiger partial charge in [-0.05, 0) is 54.3 Å². The van der Waals surface area contributed by atoms with Crippen LogP contribution in [-0.2, 0) is 32.9 Å². The number of aromatic nitrogens is 2. The van der Waals surface area contributed by atoms with Crippen molar-refractivity contribution in [1.29, 1.82) is 0 Å². The number of nitrogen functional groups attached to an aromatic ring is 1. The molecule has 1 aliphatic heterocycles. The van der Waals surface area contributed by atoms with E-state index in [1.165, 1.54) is 19.9 Å². The molecule has 0 spiro atoms. The number of rotatable bonds is 13. The van der Waals surface area contributed by atoms with E-state index in [1.807, 2.05) is 0 Å². The van der Waals surface area contributed by atoms with Crippen molar-refractivity contribution < 1.29 is 42.4 Å². The van der Waals surface area contributed by atoms with Gasteiger partial charge in [-0.15, -0.1) is 0 Å². The van der Waals surface area contributed by atoms with E-state index < -0.39 is 80.4 Å². The number of esters is 2. The van der Waals surface area contributed by atoms with Crippen LogP contribution in [0.15, 0.2) is 22.1 Å². The predicted octanol–water partition coefficient (Wildman–Crippen LogP) is 0.434. The second-order valence-corrected chi connectivity index (χ2v) is 11.3. The molecule has 0 aromatic carbocycles. The zero-order chi connectivity index (χ0) is 29.7. The fraction of sp³-hybridized carbons (Fsp3) is 0.682. The molecule has 2 heterocycles. The quantitative estimate of drug-likeness (QED) is 0.143. The molecule has 2 rings (SSSR count). The number of nitrogens with zero attached hydrogens (tertiary/aromatic N) is 3. The van der Waals surface area contributed by atoms with E-state index in [0.717, 1.165) is 10.8 Å². The van der Waals surface area contributed by atoms with E-state index in [0.29, 0.717) is 0 Å². The molecule has 0 bridgehead atoms. The van der Waals surface area contributed by atoms with Crippen LogP contribution < -0.4 is 21.6 Å². The van der Waals surface area contributed by atoms with Crippen LogP contribution in [0.1, 0.15) is 47.8 Å². The van der Waals surface area contributed by atoms with Crippen molar-refractivity contribution in [2.45, 2.75) is 90.1 Å². The summed E-state index contributed by atoms with van der Waals surface area (Å²) in [6.07, 6.45) is -5.81. The molecule has 5 N–H and O–H groups in total. The van der Waals surface area contributed by atoms with Gasteiger partial charge in [0.2, 0.25) is 5.72 Å². The smallest absolute Gasteiger partial charge is 0.351 e. The third-order valence-electron chi connectivity index (χ3n) is 5.35. The number of aliphatic hydroxyl groups is 1. The van der Waals surface area contributed by atoms with Gasteiger partial charge in [0.25, 0.3) is 0 Å². The second kappa shape index (κ2) is 13.1. The zero-order valence-corrected chi connectivity index (χ0v) is 23.5. The maximum absolute atomic E-state index is 15.2. The lowest BCUT2D eigenvalue weighted by molar-refractivity contribution is -0.149. The first-order valence-electron chi connectivity index (χ1n) is 12.1. The Morgan fingerprint density at radius 1 is 1.23 bits per heavy atom. The average molecular weight is 579 g/mol. The molecule has 220 valence electrons. The maximum Gasteiger partial charge on any atom is 0.351 e. The standard InChI is InChI=1S/C22H36FN6O9P/c1-11(2)36-19(31)13(5)27-39(34,28-14(6)20(32)37-12(3)4)35-10-22(25-7)17(30)16(23)18(38-22)29-9-8-15(24)26-21(29)33/h8-9,11-14,16-18,30H,7,10H2,1-6H3,(H2,24,26,33)(H2,27,28,34)/t13-,14-,16+,17-,18+,22+/m0/s1. The van der Waals surface area contributed by atoms with Crippen molar-refractivity contribution in [3.63, 3.8) is 0 Å². The van der Waals surface area contributed by atoms with E-state index in [-0.39, 0.29) is 5.82 Å². The van der Waals surface area contributed by atoms with Crippen molar-refractivity contribution >= 4 is 32.1 Å². The Bertz CT molecular complexity index is 1120. The van der Waals surface area contributed by atoms with Gasteiger partial charge in [0.05, 0.1) is 12.2 Å². The summed E-state index contributed by atoms with van der Waals surface area (Å²) < 4.78 is 51.1. The van der Waals surface area contributed by atoms with E-state index in [2.05, 4.69) is 26.9 Å². The first-order valence-corrected chi connectivity index (χ1v) is 13.7. The molecular formula is C22H36FN6O9P. The van der Waals surface area contributed by atoms with Crippen molar-refractivity contribution in [3.8, 4) is 0 Å². The number of alkyl halides is 1. The first-order chi connectivity index (χ1) is 18.0. The van der Waals surface area contributed by atoms with Gasteiger partial charge < -0.3 is 29.6 Å². The predicted molar refractivity (Wildman–Crippen MR) is 137 cm³/mol. The lowest BCUT2D eigenvalue weighted by atomic mass is 10.1. The molecule has 1 fully saturated rings. The number of nitrogens with one attached hydrogen (secondary N) is 2. The summed E-state index contributed by atoms with van der Waals surface area (Å²) in [6.45, 7) is 11.6. The Kier molecular flexibility index (Phi) is 10.9. The summed E-state index contributed by atoms with van der Waals surface area (Å²) >= 11 is 0. The molecule has 0 amide bonds. The highest BCUT2D eigenvalue weighted by Crippen LogP contribution is 2.45. The molecule has 0 saturated carbocycles. The summed E-state index contributed by atoms with van der Waals surface area (Å²) in [5.74, 6) is -1.67. The van der Waals surface area contributed by atoms with Gasteiger partial charge in [-0.1, -0.05) is 0 Å². The highest BCUT2D eigenvalue weighted by molar-refractivity contribution is 7.54. The van der Waals surface area contributed by atoms with Crippen LogP contribution in [0, 0.1) is 0 Å². The van der Waals surface area contributed by atoms with Crippen LogP contribution in [0.3, 0.4) is 0 Å². The first kappa shape index (κ1) is 32.5. The minimum atomic E-state index is -4.39. The number of halogens is 1. The van der Waals surface area contributed by atoms with Crippen molar-refractivity contribution in [1.82, 2.24) is 19.7 Å². The lowest BCUT2D eigenvalue weighted by Crippen LogP contribution is -2.47. The summed E-state index contributed by atoms with van der Waals surface area (Å²) in [4.78, 5) is 44.1. The van der Waals surface area contributed by atoms with Crippen molar-refractivity contribution in [2.24, 2.45) is 4.99 Å². The van der Waals surface area contributed by atoms with Crippen molar-refractivity contribution in [2.75, 3.05) is 12.3 Å². The maximum atomic E-state index is 15.2. The minimum absolute atomic E-state index is 0.116. The number of aliphatic imine (C=N–C) groups is 1. The van der Waals surface area contributed by atoms with Crippen molar-refractivity contribution in [3.05, 3.63) is 22.7 Å². The zero-order valence-electron chi connectivity index (χ0n) is 22.6. The topological polar surface area (TPSA) is 206 Å². The number of anilines is 1. The fourth-order valence-electron chi connectivity index (χ4n) is 3.45. The summed E-state index contributed by atoms with van der Waals surface area (Å²) in [7, 11) is -4.39. The van der Waals surface area contributed by atoms with E-state index in [1.54, 1.807) is 27.7 Å². The monoisotopic (exact) mass is 578 g/mol. The normalized spacial score (nSPS) is 24.9. The van der Waals surface area contributed by atoms with Crippen LogP contribution in [0.5, 0.6) is 0 Å². The molecule has 0 radical (unpaired) electrons. The van der Waals surface area contributed by atoms with Gasteiger partial charge >= 0.3 is 25.3 Å². The molecule has 1 saturated heterocycles. The van der Waals surface area contributed by atoms with Crippen LogP contribution in [0.25, 0.3) is 0 Å². The summed E-state index contributed by atoms with van der Waals surface area (Å²) in [5.41, 5.74) is 2.25. The third kappa shape index (κ3) is 8.13. The number of carbonyl (C=O) groups is 2. The Labute approximate surface area is 224 Å². The van der Waals surface area contributed by atoms with Gasteiger partial charge in [0.1, 0.15) is 30.6 Å². The molecule has 1 aliphatic rings. The molecule has 15 nitrogen and oxygen atoms in total. The Morgan fingerprint density at radius 2 is 1.74 bits per heavy atom. The Balaban J connectivity index is 2.33. The van der Waals surface area contributed by atoms with Crippen LogP contribution in [0.4, 0.5) is 10.2 Å². The molecule has 0 aliphatic carbocycles. The molecule has 39 heavy (non-hydrogen) atoms. The average Bonchev–Trinajstić information content (AvgIpc) is 3.07. The molecule has 1 aromatic rings. The molecule has 0 unspecified atom stereocenters. The summed E-state index contributed by atoms with van der Waals surface area (Å²) in [5, 5.41) is 15.6. The van der Waals surface area contributed by atoms with Crippen LogP contribution >= 0.6 is 7.67 Å². The highest BCUT2D eigenvalue weighted by atomic mass is 31.2. The Morgan fingerprint density at radius 3 is 2.18 bits per heavy atom. The SMILES string of the molecule is C=N[C@]1(COP(=O)(N[C@@H](C)C(=O)OC(C)C)N[C@@H](C)C(=O)OC(C)C)O[C@@H](n2ccc(N)nc2=O)[C@H](F)[C@@H]1O. The van der Waals surface area contributed by atoms with Gasteiger partial charge in [-0.25, -0.2) is 19.4 Å². The summed E-state index contributed by atoms with van der Waals surface area (Å²) in [6, 6.07) is -1.19. The Hall–Kier alpha value is -2.75. The molecule has 6 atom stereocenters. The van der Waals surface area contributed by atoms with Crippen LogP contribution in [-0.4, -0.2) is 82.2 Å². The molecule has 17 heteroatoms. The van der Waals surface area contributed by atoms with E-state index in [9.17, 15) is 24.1 Å². The molecule has 1 aromatic heterocycles. The number of nitrogens with two attached hydrogens (primary N) is 1. The second-order valence-electron chi connectivity index (χ2n) is 9.44. The van der Waals surface area contributed by atoms with Gasteiger partial charge in [-0.3, -0.25) is 23.7 Å². The number of ether oxygens (including phenoxy) is 3. The third-order valence-corrected chi connectivity index (χ3v) is 7.29. The number of aliphatic hydroxyl groups excluding tert-OH is 1. The van der Waals surface area contributed by atoms with Gasteiger partial charge in [0.15, 0.2) is 12.4 Å². The number of hydrogen-bond acceptors (Lipinski definition) is 12. The fourth-order valence-corrected chi connectivity index (χ4v) is 5.27. The highest BCUT2D eigenvalue weighted by Gasteiger charge is 2.57. The number of hydrogen-bond donors (Lipinski definition) is 4.